The van der Waals surface area contributed by atoms with Gasteiger partial charge in [-0.1, -0.05) is 6.92 Å². The minimum atomic E-state index is -0.488. The predicted octanol–water partition coefficient (Wildman–Crippen LogP) is 0.634. The predicted molar refractivity (Wildman–Crippen MR) is 70.2 cm³/mol. The molecule has 0 saturated carbocycles. The van der Waals surface area contributed by atoms with Crippen LogP contribution in [-0.2, 0) is 0 Å². The van der Waals surface area contributed by atoms with Crippen LogP contribution in [-0.4, -0.2) is 46.2 Å². The van der Waals surface area contributed by atoms with E-state index in [1.54, 1.807) is 11.9 Å². The molecule has 104 valence electrons. The van der Waals surface area contributed by atoms with Crippen LogP contribution in [0.1, 0.15) is 13.3 Å². The molecule has 8 heteroatoms. The van der Waals surface area contributed by atoms with E-state index in [9.17, 15) is 15.2 Å². The Morgan fingerprint density at radius 2 is 2.37 bits per heavy atom. The Balaban J connectivity index is 2.47. The lowest BCUT2D eigenvalue weighted by molar-refractivity contribution is -0.383. The van der Waals surface area contributed by atoms with Crippen LogP contribution >= 0.6 is 0 Å². The maximum absolute atomic E-state index is 11.2. The van der Waals surface area contributed by atoms with Crippen LogP contribution in [0.15, 0.2) is 6.33 Å². The first-order valence-electron chi connectivity index (χ1n) is 6.14. The van der Waals surface area contributed by atoms with E-state index in [2.05, 4.69) is 15.3 Å². The van der Waals surface area contributed by atoms with E-state index in [0.717, 1.165) is 6.42 Å². The second kappa shape index (κ2) is 5.35. The van der Waals surface area contributed by atoms with Crippen molar-refractivity contribution < 1.29 is 10.0 Å². The van der Waals surface area contributed by atoms with E-state index in [1.165, 1.54) is 6.33 Å². The Morgan fingerprint density at radius 1 is 1.63 bits per heavy atom. The van der Waals surface area contributed by atoms with Gasteiger partial charge in [0.2, 0.25) is 11.6 Å². The number of nitro groups is 1. The molecule has 1 aliphatic heterocycles. The number of hydrogen-bond acceptors (Lipinski definition) is 7. The van der Waals surface area contributed by atoms with Crippen molar-refractivity contribution in [2.75, 3.05) is 30.4 Å². The summed E-state index contributed by atoms with van der Waals surface area (Å²) < 4.78 is 0. The summed E-state index contributed by atoms with van der Waals surface area (Å²) in [6.07, 6.45) is 2.17. The zero-order valence-corrected chi connectivity index (χ0v) is 10.9. The topological polar surface area (TPSA) is 104 Å². The Hall–Kier alpha value is -1.96. The Kier molecular flexibility index (Phi) is 3.79. The van der Waals surface area contributed by atoms with Gasteiger partial charge in [0.05, 0.1) is 17.6 Å². The van der Waals surface area contributed by atoms with Crippen molar-refractivity contribution in [3.8, 4) is 0 Å². The van der Waals surface area contributed by atoms with Gasteiger partial charge in [0.15, 0.2) is 0 Å². The molecular weight excluding hydrogens is 250 g/mol. The molecule has 2 atom stereocenters. The number of aromatic nitrogens is 2. The largest absolute Gasteiger partial charge is 0.394 e. The van der Waals surface area contributed by atoms with Crippen LogP contribution in [0.3, 0.4) is 0 Å². The fourth-order valence-corrected chi connectivity index (χ4v) is 2.48. The molecule has 8 nitrogen and oxygen atoms in total. The minimum absolute atomic E-state index is 0.0444. The lowest BCUT2D eigenvalue weighted by Gasteiger charge is -2.25. The van der Waals surface area contributed by atoms with Crippen LogP contribution in [0.4, 0.5) is 17.3 Å². The van der Waals surface area contributed by atoms with Gasteiger partial charge in [-0.3, -0.25) is 10.1 Å². The second-order valence-electron chi connectivity index (χ2n) is 4.61. The molecule has 2 rings (SSSR count). The average molecular weight is 267 g/mol. The van der Waals surface area contributed by atoms with E-state index in [4.69, 9.17) is 0 Å². The maximum Gasteiger partial charge on any atom is 0.353 e. The highest BCUT2D eigenvalue weighted by Gasteiger charge is 2.36. The fourth-order valence-electron chi connectivity index (χ4n) is 2.48. The third-order valence-electron chi connectivity index (χ3n) is 3.56. The summed E-state index contributed by atoms with van der Waals surface area (Å²) in [6, 6.07) is -0.140. The summed E-state index contributed by atoms with van der Waals surface area (Å²) >= 11 is 0. The minimum Gasteiger partial charge on any atom is -0.394 e. The molecule has 0 aromatic carbocycles. The fraction of sp³-hybridized carbons (Fsp3) is 0.636. The lowest BCUT2D eigenvalue weighted by Crippen LogP contribution is -2.36. The summed E-state index contributed by atoms with van der Waals surface area (Å²) in [7, 11) is 1.58. The molecule has 2 N–H and O–H groups in total. The van der Waals surface area contributed by atoms with Gasteiger partial charge in [-0.25, -0.2) is 9.97 Å². The number of anilines is 2. The van der Waals surface area contributed by atoms with E-state index in [-0.39, 0.29) is 35.9 Å². The van der Waals surface area contributed by atoms with Crippen molar-refractivity contribution in [3.05, 3.63) is 16.4 Å². The second-order valence-corrected chi connectivity index (χ2v) is 4.61. The Bertz CT molecular complexity index is 481. The monoisotopic (exact) mass is 267 g/mol. The first-order valence-corrected chi connectivity index (χ1v) is 6.14. The summed E-state index contributed by atoms with van der Waals surface area (Å²) in [5.41, 5.74) is -0.141. The SMILES string of the molecule is CNc1ncnc(N2CCC(C)C2CO)c1[N+](=O)[O-]. The molecule has 1 fully saturated rings. The third-order valence-corrected chi connectivity index (χ3v) is 3.56. The average Bonchev–Trinajstić information content (AvgIpc) is 2.78. The molecule has 1 saturated heterocycles. The maximum atomic E-state index is 11.2. The number of aliphatic hydroxyl groups excluding tert-OH is 1. The van der Waals surface area contributed by atoms with Crippen LogP contribution < -0.4 is 10.2 Å². The molecule has 2 heterocycles. The Labute approximate surface area is 110 Å². The van der Waals surface area contributed by atoms with Crippen LogP contribution in [0, 0.1) is 16.0 Å². The number of nitrogens with one attached hydrogen (secondary N) is 1. The normalized spacial score (nSPS) is 22.6. The lowest BCUT2D eigenvalue weighted by atomic mass is 10.0. The molecule has 0 amide bonds. The summed E-state index contributed by atoms with van der Waals surface area (Å²) in [4.78, 5) is 20.5. The van der Waals surface area contributed by atoms with Gasteiger partial charge in [0, 0.05) is 13.6 Å². The zero-order valence-electron chi connectivity index (χ0n) is 10.9. The van der Waals surface area contributed by atoms with Crippen molar-refractivity contribution in [3.63, 3.8) is 0 Å². The van der Waals surface area contributed by atoms with Gasteiger partial charge < -0.3 is 15.3 Å². The molecule has 0 radical (unpaired) electrons. The number of nitrogens with zero attached hydrogens (tertiary/aromatic N) is 4. The third kappa shape index (κ3) is 2.30. The van der Waals surface area contributed by atoms with Crippen molar-refractivity contribution in [2.24, 2.45) is 5.92 Å². The molecule has 0 spiro atoms. The molecule has 1 aliphatic rings. The first-order chi connectivity index (χ1) is 9.10. The van der Waals surface area contributed by atoms with Gasteiger partial charge in [-0.2, -0.15) is 0 Å². The Morgan fingerprint density at radius 3 is 2.95 bits per heavy atom. The highest BCUT2D eigenvalue weighted by atomic mass is 16.6. The van der Waals surface area contributed by atoms with E-state index in [1.807, 2.05) is 6.92 Å². The summed E-state index contributed by atoms with van der Waals surface area (Å²) in [5, 5.41) is 23.4. The highest BCUT2D eigenvalue weighted by molar-refractivity contribution is 5.70. The van der Waals surface area contributed by atoms with Crippen molar-refractivity contribution in [2.45, 2.75) is 19.4 Å². The molecule has 2 unspecified atom stereocenters. The van der Waals surface area contributed by atoms with Crippen molar-refractivity contribution >= 4 is 17.3 Å². The first kappa shape index (κ1) is 13.5. The molecule has 1 aromatic rings. The van der Waals surface area contributed by atoms with E-state index in [0.29, 0.717) is 6.54 Å². The number of rotatable bonds is 4. The van der Waals surface area contributed by atoms with Gasteiger partial charge in [0.25, 0.3) is 0 Å². The van der Waals surface area contributed by atoms with Gasteiger partial charge in [-0.05, 0) is 12.3 Å². The quantitative estimate of drug-likeness (QED) is 0.609. The van der Waals surface area contributed by atoms with Crippen molar-refractivity contribution in [1.29, 1.82) is 0 Å². The van der Waals surface area contributed by atoms with Crippen molar-refractivity contribution in [1.82, 2.24) is 9.97 Å². The smallest absolute Gasteiger partial charge is 0.353 e. The number of aliphatic hydroxyl groups is 1. The van der Waals surface area contributed by atoms with E-state index >= 15 is 0 Å². The van der Waals surface area contributed by atoms with Crippen LogP contribution in [0.5, 0.6) is 0 Å². The molecule has 1 aromatic heterocycles. The standard InChI is InChI=1S/C11H17N5O3/c1-7-3-4-15(8(7)5-17)11-9(16(18)19)10(12-2)13-6-14-11/h6-8,17H,3-5H2,1-2H3,(H,12,13,14). The molecule has 0 aliphatic carbocycles. The summed E-state index contributed by atoms with van der Waals surface area (Å²) in [6.45, 7) is 2.62. The van der Waals surface area contributed by atoms with Gasteiger partial charge in [0.1, 0.15) is 6.33 Å². The van der Waals surface area contributed by atoms with Crippen LogP contribution in [0.25, 0.3) is 0 Å². The zero-order chi connectivity index (χ0) is 14.0. The van der Waals surface area contributed by atoms with Gasteiger partial charge in [-0.15, -0.1) is 0 Å². The summed E-state index contributed by atoms with van der Waals surface area (Å²) in [5.74, 6) is 0.733. The molecule has 19 heavy (non-hydrogen) atoms. The molecular formula is C11H17N5O3. The van der Waals surface area contributed by atoms with Crippen LogP contribution in [0.2, 0.25) is 0 Å². The molecule has 0 bridgehead atoms. The van der Waals surface area contributed by atoms with E-state index < -0.39 is 4.92 Å². The highest BCUT2D eigenvalue weighted by Crippen LogP contribution is 2.36. The van der Waals surface area contributed by atoms with Gasteiger partial charge >= 0.3 is 5.69 Å². The number of hydrogen-bond donors (Lipinski definition) is 2.